The summed E-state index contributed by atoms with van der Waals surface area (Å²) in [5, 5.41) is 81.1. The summed E-state index contributed by atoms with van der Waals surface area (Å²) >= 11 is 0. The van der Waals surface area contributed by atoms with E-state index < -0.39 is 78.3 Å². The Hall–Kier alpha value is -3.47. The number of phenolic OH excluding ortho intramolecular Hbond substituents is 2. The Morgan fingerprint density at radius 2 is 1.24 bits per heavy atom. The molecule has 2 saturated heterocycles. The zero-order valence-electron chi connectivity index (χ0n) is 21.8. The van der Waals surface area contributed by atoms with Gasteiger partial charge in [-0.25, -0.2) is 0 Å². The summed E-state index contributed by atoms with van der Waals surface area (Å²) in [5.41, 5.74) is -0.865. The summed E-state index contributed by atoms with van der Waals surface area (Å²) in [6.45, 7) is 2.90. The van der Waals surface area contributed by atoms with Crippen molar-refractivity contribution in [3.05, 3.63) is 46.6 Å². The van der Waals surface area contributed by atoms with Gasteiger partial charge in [-0.1, -0.05) is 0 Å². The van der Waals surface area contributed by atoms with Crippen LogP contribution in [0.25, 0.3) is 22.3 Å². The number of rotatable bonds is 5. The van der Waals surface area contributed by atoms with E-state index in [4.69, 9.17) is 23.4 Å². The number of phenols is 2. The summed E-state index contributed by atoms with van der Waals surface area (Å²) in [6.07, 6.45) is -14.3. The van der Waals surface area contributed by atoms with Gasteiger partial charge in [0.25, 0.3) is 0 Å². The second kappa shape index (κ2) is 11.1. The van der Waals surface area contributed by atoms with Crippen LogP contribution in [-0.4, -0.2) is 102 Å². The summed E-state index contributed by atoms with van der Waals surface area (Å²) in [6, 6.07) is 7.71. The van der Waals surface area contributed by atoms with Crippen LogP contribution < -0.4 is 14.9 Å². The fraction of sp³-hybridized carbons (Fsp3) is 0.444. The molecule has 8 N–H and O–H groups in total. The SMILES string of the molecule is C[C@@H]1O[C@H](Oc2c(-c3ccc(O)cc3)oc3cc(O[C@@H]4O[C@H](C)[C@H](O)[C@@H](O)[C@H]4O)cc(O)c3c2=O)[C@H](O)[C@H](O)[C@H]1O. The molecule has 3 aromatic rings. The molecule has 1 aromatic heterocycles. The minimum absolute atomic E-state index is 0.0859. The fourth-order valence-corrected chi connectivity index (χ4v) is 4.71. The number of hydrogen-bond acceptors (Lipinski definition) is 14. The van der Waals surface area contributed by atoms with Crippen LogP contribution in [0.2, 0.25) is 0 Å². The van der Waals surface area contributed by atoms with E-state index in [9.17, 15) is 45.6 Å². The predicted molar refractivity (Wildman–Crippen MR) is 137 cm³/mol. The zero-order chi connectivity index (χ0) is 29.7. The highest BCUT2D eigenvalue weighted by Gasteiger charge is 2.45. The Morgan fingerprint density at radius 1 is 0.707 bits per heavy atom. The van der Waals surface area contributed by atoms with E-state index in [-0.39, 0.29) is 33.8 Å². The molecule has 14 nitrogen and oxygen atoms in total. The lowest BCUT2D eigenvalue weighted by atomic mass is 10.00. The monoisotopic (exact) mass is 578 g/mol. The maximum Gasteiger partial charge on any atom is 0.239 e. The molecule has 2 aliphatic rings. The average molecular weight is 579 g/mol. The Morgan fingerprint density at radius 3 is 1.80 bits per heavy atom. The molecule has 0 amide bonds. The third-order valence-corrected chi connectivity index (χ3v) is 7.14. The lowest BCUT2D eigenvalue weighted by Crippen LogP contribution is -2.58. The standard InChI is InChI=1S/C27H30O14/c1-9-17(30)20(33)22(35)26(37-9)39-13-7-14(29)16-15(8-13)40-24(11-3-5-12(28)6-4-11)25(19(16)32)41-27-23(36)21(34)18(31)10(2)38-27/h3-10,17-18,20-23,26-31,33-36H,1-2H3/t9-,10+,17+,18+,20-,21-,22-,23-,26+,27-/m1/s1. The largest absolute Gasteiger partial charge is 0.508 e. The molecule has 5 rings (SSSR count). The second-order valence-electron chi connectivity index (χ2n) is 10.1. The van der Waals surface area contributed by atoms with Gasteiger partial charge in [0, 0.05) is 17.7 Å². The van der Waals surface area contributed by atoms with Gasteiger partial charge in [0.1, 0.15) is 64.8 Å². The number of fused-ring (bicyclic) bond motifs is 1. The molecule has 41 heavy (non-hydrogen) atoms. The number of benzene rings is 2. The topological polar surface area (TPSA) is 229 Å². The van der Waals surface area contributed by atoms with Crippen molar-refractivity contribution in [1.29, 1.82) is 0 Å². The Bertz CT molecular complexity index is 1460. The maximum absolute atomic E-state index is 13.7. The molecular weight excluding hydrogens is 548 g/mol. The molecule has 0 saturated carbocycles. The van der Waals surface area contributed by atoms with Crippen molar-refractivity contribution in [2.45, 2.75) is 75.3 Å². The Labute approximate surface area is 231 Å². The summed E-state index contributed by atoms with van der Waals surface area (Å²) in [4.78, 5) is 13.7. The molecule has 0 spiro atoms. The van der Waals surface area contributed by atoms with Crippen LogP contribution in [0.1, 0.15) is 13.8 Å². The first-order valence-electron chi connectivity index (χ1n) is 12.7. The molecule has 14 heteroatoms. The first kappa shape index (κ1) is 29.0. The van der Waals surface area contributed by atoms with Gasteiger partial charge in [-0.3, -0.25) is 4.79 Å². The van der Waals surface area contributed by atoms with Gasteiger partial charge >= 0.3 is 0 Å². The van der Waals surface area contributed by atoms with Gasteiger partial charge in [0.05, 0.1) is 12.2 Å². The van der Waals surface area contributed by atoms with Crippen molar-refractivity contribution in [3.63, 3.8) is 0 Å². The highest BCUT2D eigenvalue weighted by Crippen LogP contribution is 2.38. The molecule has 0 radical (unpaired) electrons. The van der Waals surface area contributed by atoms with Crippen LogP contribution in [-0.2, 0) is 9.47 Å². The lowest BCUT2D eigenvalue weighted by molar-refractivity contribution is -0.268. The van der Waals surface area contributed by atoms with Crippen molar-refractivity contribution < 1.29 is 64.2 Å². The quantitative estimate of drug-likeness (QED) is 0.187. The van der Waals surface area contributed by atoms with Gasteiger partial charge in [0.15, 0.2) is 5.76 Å². The summed E-state index contributed by atoms with van der Waals surface area (Å²) in [7, 11) is 0. The molecular formula is C27H30O14. The first-order chi connectivity index (χ1) is 19.4. The van der Waals surface area contributed by atoms with Crippen molar-refractivity contribution in [1.82, 2.24) is 0 Å². The molecule has 0 bridgehead atoms. The lowest BCUT2D eigenvalue weighted by Gasteiger charge is -2.39. The number of aliphatic hydroxyl groups excluding tert-OH is 6. The second-order valence-corrected chi connectivity index (χ2v) is 10.1. The minimum Gasteiger partial charge on any atom is -0.508 e. The van der Waals surface area contributed by atoms with Crippen LogP contribution in [0.4, 0.5) is 0 Å². The van der Waals surface area contributed by atoms with E-state index in [1.807, 2.05) is 0 Å². The smallest absolute Gasteiger partial charge is 0.239 e. The van der Waals surface area contributed by atoms with E-state index in [0.717, 1.165) is 6.07 Å². The highest BCUT2D eigenvalue weighted by molar-refractivity contribution is 5.88. The van der Waals surface area contributed by atoms with Crippen molar-refractivity contribution in [3.8, 4) is 34.3 Å². The van der Waals surface area contributed by atoms with E-state index >= 15 is 0 Å². The third kappa shape index (κ3) is 5.31. The molecule has 0 unspecified atom stereocenters. The summed E-state index contributed by atoms with van der Waals surface area (Å²) in [5.74, 6) is -1.55. The molecule has 10 atom stereocenters. The average Bonchev–Trinajstić information content (AvgIpc) is 2.93. The van der Waals surface area contributed by atoms with Crippen LogP contribution in [0.15, 0.2) is 45.6 Å². The van der Waals surface area contributed by atoms with Gasteiger partial charge in [-0.15, -0.1) is 0 Å². The molecule has 3 heterocycles. The Balaban J connectivity index is 1.58. The normalized spacial score (nSPS) is 34.0. The van der Waals surface area contributed by atoms with E-state index in [2.05, 4.69) is 0 Å². The predicted octanol–water partition coefficient (Wildman–Crippen LogP) is -0.716. The number of hydrogen-bond donors (Lipinski definition) is 8. The molecule has 2 fully saturated rings. The van der Waals surface area contributed by atoms with Crippen LogP contribution in [0.5, 0.6) is 23.0 Å². The van der Waals surface area contributed by atoms with Crippen molar-refractivity contribution >= 4 is 11.0 Å². The van der Waals surface area contributed by atoms with Crippen molar-refractivity contribution in [2.75, 3.05) is 0 Å². The van der Waals surface area contributed by atoms with E-state index in [1.54, 1.807) is 0 Å². The highest BCUT2D eigenvalue weighted by atomic mass is 16.7. The minimum atomic E-state index is -1.76. The summed E-state index contributed by atoms with van der Waals surface area (Å²) < 4.78 is 28.2. The maximum atomic E-state index is 13.7. The van der Waals surface area contributed by atoms with Crippen LogP contribution in [0.3, 0.4) is 0 Å². The van der Waals surface area contributed by atoms with Gasteiger partial charge in [-0.05, 0) is 38.1 Å². The number of aromatic hydroxyl groups is 2. The van der Waals surface area contributed by atoms with Gasteiger partial charge in [0.2, 0.25) is 23.8 Å². The van der Waals surface area contributed by atoms with Gasteiger partial charge in [-0.2, -0.15) is 0 Å². The third-order valence-electron chi connectivity index (χ3n) is 7.14. The molecule has 2 aliphatic heterocycles. The van der Waals surface area contributed by atoms with Crippen LogP contribution in [0, 0.1) is 0 Å². The number of aliphatic hydroxyl groups is 6. The fourth-order valence-electron chi connectivity index (χ4n) is 4.71. The molecule has 0 aliphatic carbocycles. The zero-order valence-corrected chi connectivity index (χ0v) is 21.8. The Kier molecular flexibility index (Phi) is 7.84. The molecule has 222 valence electrons. The van der Waals surface area contributed by atoms with Crippen molar-refractivity contribution in [2.24, 2.45) is 0 Å². The van der Waals surface area contributed by atoms with E-state index in [0.29, 0.717) is 0 Å². The van der Waals surface area contributed by atoms with Gasteiger partial charge < -0.3 is 64.2 Å². The number of ether oxygens (including phenoxy) is 4. The van der Waals surface area contributed by atoms with E-state index in [1.165, 1.54) is 44.2 Å². The molecule has 2 aromatic carbocycles. The van der Waals surface area contributed by atoms with Crippen LogP contribution >= 0.6 is 0 Å². The first-order valence-corrected chi connectivity index (χ1v) is 12.7.